The van der Waals surface area contributed by atoms with E-state index in [4.69, 9.17) is 5.26 Å². The molecule has 0 bridgehead atoms. The number of nitrogens with one attached hydrogen (secondary N) is 1. The van der Waals surface area contributed by atoms with Crippen LogP contribution in [0.2, 0.25) is 0 Å². The Labute approximate surface area is 151 Å². The van der Waals surface area contributed by atoms with Crippen LogP contribution in [-0.2, 0) is 0 Å². The Morgan fingerprint density at radius 1 is 0.960 bits per heavy atom. The molecule has 1 aliphatic heterocycles. The Kier molecular flexibility index (Phi) is 3.83. The van der Waals surface area contributed by atoms with Gasteiger partial charge in [0.15, 0.2) is 0 Å². The molecule has 1 aliphatic rings. The van der Waals surface area contributed by atoms with Crippen molar-refractivity contribution < 1.29 is 0 Å². The molecule has 3 aromatic rings. The van der Waals surface area contributed by atoms with Crippen molar-refractivity contribution >= 4 is 28.7 Å². The fourth-order valence-corrected chi connectivity index (χ4v) is 3.94. The van der Waals surface area contributed by atoms with Gasteiger partial charge in [0, 0.05) is 9.79 Å². The third-order valence-corrected chi connectivity index (χ3v) is 5.55. The van der Waals surface area contributed by atoms with E-state index < -0.39 is 0 Å². The lowest BCUT2D eigenvalue weighted by Crippen LogP contribution is -2.00. The molecule has 3 aromatic carbocycles. The molecule has 0 saturated carbocycles. The van der Waals surface area contributed by atoms with Crippen LogP contribution in [0.25, 0.3) is 5.57 Å². The lowest BCUT2D eigenvalue weighted by Gasteiger charge is -2.21. The van der Waals surface area contributed by atoms with Gasteiger partial charge in [0.25, 0.3) is 0 Å². The minimum absolute atomic E-state index is 0.705. The number of hydrogen-bond acceptors (Lipinski definition) is 3. The third kappa shape index (κ3) is 2.82. The van der Waals surface area contributed by atoms with Crippen molar-refractivity contribution in [1.29, 1.82) is 5.26 Å². The van der Waals surface area contributed by atoms with Gasteiger partial charge in [0.2, 0.25) is 0 Å². The number of rotatable bonds is 2. The first-order valence-electron chi connectivity index (χ1n) is 8.04. The van der Waals surface area contributed by atoms with Crippen LogP contribution in [-0.4, -0.2) is 0 Å². The zero-order valence-electron chi connectivity index (χ0n) is 13.8. The third-order valence-electron chi connectivity index (χ3n) is 4.40. The van der Waals surface area contributed by atoms with Crippen molar-refractivity contribution in [2.24, 2.45) is 0 Å². The molecule has 3 heteroatoms. The molecule has 0 aromatic heterocycles. The molecule has 0 radical (unpaired) electrons. The van der Waals surface area contributed by atoms with Gasteiger partial charge in [0.05, 0.1) is 23.0 Å². The predicted octanol–water partition coefficient (Wildman–Crippen LogP) is 6.14. The summed E-state index contributed by atoms with van der Waals surface area (Å²) in [5.74, 6) is 0. The van der Waals surface area contributed by atoms with E-state index in [1.54, 1.807) is 11.8 Å². The van der Waals surface area contributed by atoms with Gasteiger partial charge in [0.1, 0.15) is 0 Å². The van der Waals surface area contributed by atoms with E-state index in [-0.39, 0.29) is 0 Å². The second kappa shape index (κ2) is 6.16. The number of nitriles is 1. The number of hydrogen-bond donors (Lipinski definition) is 1. The van der Waals surface area contributed by atoms with Gasteiger partial charge >= 0.3 is 0 Å². The quantitative estimate of drug-likeness (QED) is 0.476. The molecule has 0 fully saturated rings. The minimum Gasteiger partial charge on any atom is -0.354 e. The average Bonchev–Trinajstić information content (AvgIpc) is 2.65. The highest BCUT2D eigenvalue weighted by Crippen LogP contribution is 2.44. The number of benzene rings is 3. The first-order chi connectivity index (χ1) is 12.2. The summed E-state index contributed by atoms with van der Waals surface area (Å²) in [7, 11) is 0. The number of para-hydroxylation sites is 1. The number of fused-ring (bicyclic) bond motifs is 2. The summed E-state index contributed by atoms with van der Waals surface area (Å²) < 4.78 is 0. The molecule has 1 heterocycles. The van der Waals surface area contributed by atoms with E-state index in [9.17, 15) is 0 Å². The molecule has 0 aliphatic carbocycles. The van der Waals surface area contributed by atoms with Crippen molar-refractivity contribution in [3.05, 3.63) is 89.5 Å². The number of aryl methyl sites for hydroxylation is 1. The summed E-state index contributed by atoms with van der Waals surface area (Å²) in [6.07, 6.45) is 0. The summed E-state index contributed by atoms with van der Waals surface area (Å²) in [6.45, 7) is 6.22. The van der Waals surface area contributed by atoms with Gasteiger partial charge in [-0.15, -0.1) is 0 Å². The van der Waals surface area contributed by atoms with Crippen LogP contribution in [0.1, 0.15) is 22.3 Å². The highest BCUT2D eigenvalue weighted by atomic mass is 32.2. The predicted molar refractivity (Wildman–Crippen MR) is 104 cm³/mol. The Morgan fingerprint density at radius 3 is 2.48 bits per heavy atom. The molecule has 0 amide bonds. The van der Waals surface area contributed by atoms with Gasteiger partial charge < -0.3 is 5.32 Å². The van der Waals surface area contributed by atoms with E-state index in [2.05, 4.69) is 54.4 Å². The molecule has 25 heavy (non-hydrogen) atoms. The van der Waals surface area contributed by atoms with Crippen LogP contribution in [0.5, 0.6) is 0 Å². The second-order valence-corrected chi connectivity index (χ2v) is 7.14. The summed E-state index contributed by atoms with van der Waals surface area (Å²) in [4.78, 5) is 2.45. The van der Waals surface area contributed by atoms with E-state index in [1.165, 1.54) is 9.79 Å². The molecular formula is C22H16N2S. The van der Waals surface area contributed by atoms with Gasteiger partial charge in [-0.2, -0.15) is 5.26 Å². The van der Waals surface area contributed by atoms with Crippen molar-refractivity contribution in [2.45, 2.75) is 16.7 Å². The number of nitrogens with zero attached hydrogens (tertiary/aromatic N) is 1. The maximum Gasteiger partial charge on any atom is 0.0994 e. The SMILES string of the molecule is C=C(c1ccc(C#N)c(C)c1)c1ccc2c(c1)Nc1ccccc1S2. The molecule has 4 rings (SSSR count). The van der Waals surface area contributed by atoms with E-state index in [0.29, 0.717) is 5.56 Å². The van der Waals surface area contributed by atoms with E-state index in [0.717, 1.165) is 33.6 Å². The van der Waals surface area contributed by atoms with Crippen LogP contribution in [0.4, 0.5) is 11.4 Å². The fourth-order valence-electron chi connectivity index (χ4n) is 2.97. The van der Waals surface area contributed by atoms with Crippen molar-refractivity contribution in [3.63, 3.8) is 0 Å². The smallest absolute Gasteiger partial charge is 0.0994 e. The largest absolute Gasteiger partial charge is 0.354 e. The molecule has 0 unspecified atom stereocenters. The topological polar surface area (TPSA) is 35.8 Å². The Balaban J connectivity index is 1.68. The minimum atomic E-state index is 0.705. The Hall–Kier alpha value is -2.96. The Morgan fingerprint density at radius 2 is 1.68 bits per heavy atom. The van der Waals surface area contributed by atoms with Crippen LogP contribution in [0.3, 0.4) is 0 Å². The Bertz CT molecular complexity index is 1040. The van der Waals surface area contributed by atoms with Gasteiger partial charge in [-0.1, -0.05) is 48.7 Å². The summed E-state index contributed by atoms with van der Waals surface area (Å²) in [5.41, 5.74) is 7.00. The first-order valence-corrected chi connectivity index (χ1v) is 8.86. The second-order valence-electron chi connectivity index (χ2n) is 6.05. The van der Waals surface area contributed by atoms with Crippen LogP contribution in [0, 0.1) is 18.3 Å². The standard InChI is InChI=1S/C22H16N2S/c1-14-11-16(7-8-18(14)13-23)15(2)17-9-10-22-20(12-17)24-19-5-3-4-6-21(19)25-22/h3-12,24H,2H2,1H3. The maximum absolute atomic E-state index is 9.09. The molecular weight excluding hydrogens is 324 g/mol. The summed E-state index contributed by atoms with van der Waals surface area (Å²) >= 11 is 1.78. The summed E-state index contributed by atoms with van der Waals surface area (Å²) in [5, 5.41) is 12.6. The first kappa shape index (κ1) is 15.6. The molecule has 0 spiro atoms. The van der Waals surface area contributed by atoms with Crippen molar-refractivity contribution in [3.8, 4) is 6.07 Å². The van der Waals surface area contributed by atoms with Crippen LogP contribution in [0.15, 0.2) is 77.0 Å². The summed E-state index contributed by atoms with van der Waals surface area (Å²) in [6, 6.07) is 22.8. The van der Waals surface area contributed by atoms with Crippen molar-refractivity contribution in [1.82, 2.24) is 0 Å². The highest BCUT2D eigenvalue weighted by molar-refractivity contribution is 7.99. The van der Waals surface area contributed by atoms with Gasteiger partial charge in [-0.25, -0.2) is 0 Å². The van der Waals surface area contributed by atoms with E-state index >= 15 is 0 Å². The number of anilines is 2. The maximum atomic E-state index is 9.09. The lowest BCUT2D eigenvalue weighted by molar-refractivity contribution is 1.31. The van der Waals surface area contributed by atoms with Gasteiger partial charge in [-0.3, -0.25) is 0 Å². The van der Waals surface area contributed by atoms with Crippen LogP contribution < -0.4 is 5.32 Å². The van der Waals surface area contributed by atoms with Gasteiger partial charge in [-0.05, 0) is 59.5 Å². The monoisotopic (exact) mass is 340 g/mol. The molecule has 120 valence electrons. The lowest BCUT2D eigenvalue weighted by atomic mass is 9.96. The van der Waals surface area contributed by atoms with Crippen molar-refractivity contribution in [2.75, 3.05) is 5.32 Å². The average molecular weight is 340 g/mol. The molecule has 2 nitrogen and oxygen atoms in total. The molecule has 0 saturated heterocycles. The fraction of sp³-hybridized carbons (Fsp3) is 0.0455. The molecule has 1 N–H and O–H groups in total. The van der Waals surface area contributed by atoms with Crippen LogP contribution >= 0.6 is 11.8 Å². The normalized spacial score (nSPS) is 11.7. The zero-order valence-corrected chi connectivity index (χ0v) is 14.7. The zero-order chi connectivity index (χ0) is 17.4. The van der Waals surface area contributed by atoms with E-state index in [1.807, 2.05) is 31.2 Å². The highest BCUT2D eigenvalue weighted by Gasteiger charge is 2.16. The molecule has 0 atom stereocenters.